The number of hydrogen-bond acceptors (Lipinski definition) is 3. The number of aromatic nitrogens is 1. The molecule has 1 saturated heterocycles. The van der Waals surface area contributed by atoms with Crippen LogP contribution in [0.1, 0.15) is 44.5 Å². The van der Waals surface area contributed by atoms with Crippen LogP contribution < -0.4 is 5.46 Å². The van der Waals surface area contributed by atoms with Gasteiger partial charge in [0.15, 0.2) is 0 Å². The van der Waals surface area contributed by atoms with Crippen molar-refractivity contribution in [2.24, 2.45) is 0 Å². The second kappa shape index (κ2) is 5.71. The van der Waals surface area contributed by atoms with Crippen LogP contribution in [0.2, 0.25) is 0 Å². The van der Waals surface area contributed by atoms with E-state index in [1.54, 1.807) is 0 Å². The molecule has 0 spiro atoms. The van der Waals surface area contributed by atoms with Gasteiger partial charge in [0.2, 0.25) is 0 Å². The molecule has 0 unspecified atom stereocenters. The quantitative estimate of drug-likeness (QED) is 0.784. The fourth-order valence-electron chi connectivity index (χ4n) is 3.00. The van der Waals surface area contributed by atoms with Crippen LogP contribution in [0.4, 0.5) is 0 Å². The van der Waals surface area contributed by atoms with Gasteiger partial charge in [-0.2, -0.15) is 0 Å². The predicted octanol–water partition coefficient (Wildman–Crippen LogP) is 3.97. The highest BCUT2D eigenvalue weighted by Crippen LogP contribution is 2.37. The van der Waals surface area contributed by atoms with Gasteiger partial charge < -0.3 is 9.31 Å². The molecule has 0 amide bonds. The normalized spacial score (nSPS) is 18.9. The maximum Gasteiger partial charge on any atom is 0.495 e. The minimum absolute atomic E-state index is 0.320. The zero-order chi connectivity index (χ0) is 17.7. The Morgan fingerprint density at radius 2 is 1.50 bits per heavy atom. The third-order valence-electron chi connectivity index (χ3n) is 5.34. The maximum absolute atomic E-state index is 6.21. The molecule has 2 heterocycles. The van der Waals surface area contributed by atoms with E-state index in [-0.39, 0.29) is 18.3 Å². The molecular formula is C20H26BNO2. The molecule has 3 rings (SSSR count). The molecule has 4 heteroatoms. The van der Waals surface area contributed by atoms with Gasteiger partial charge in [-0.3, -0.25) is 4.98 Å². The van der Waals surface area contributed by atoms with Crippen LogP contribution in [-0.2, 0) is 9.31 Å². The first-order chi connectivity index (χ1) is 11.1. The van der Waals surface area contributed by atoms with E-state index < -0.39 is 0 Å². The number of nitrogens with zero attached hydrogens (tertiary/aromatic N) is 1. The summed E-state index contributed by atoms with van der Waals surface area (Å²) < 4.78 is 12.4. The maximum atomic E-state index is 6.21. The second-order valence-electron chi connectivity index (χ2n) is 7.80. The molecule has 3 nitrogen and oxygen atoms in total. The van der Waals surface area contributed by atoms with Crippen LogP contribution in [0.25, 0.3) is 11.1 Å². The fourth-order valence-corrected chi connectivity index (χ4v) is 3.00. The molecule has 0 radical (unpaired) electrons. The van der Waals surface area contributed by atoms with Crippen molar-refractivity contribution >= 4 is 12.6 Å². The minimum Gasteiger partial charge on any atom is -0.399 e. The summed E-state index contributed by atoms with van der Waals surface area (Å²) in [4.78, 5) is 4.41. The minimum atomic E-state index is -0.322. The Bertz CT molecular complexity index is 750. The Hall–Kier alpha value is -1.65. The number of benzene rings is 1. The molecule has 2 aromatic rings. The van der Waals surface area contributed by atoms with Crippen LogP contribution in [0.3, 0.4) is 0 Å². The summed E-state index contributed by atoms with van der Waals surface area (Å²) in [6.45, 7) is 14.6. The topological polar surface area (TPSA) is 31.4 Å². The average molecular weight is 323 g/mol. The molecule has 0 bridgehead atoms. The van der Waals surface area contributed by atoms with Crippen molar-refractivity contribution in [1.82, 2.24) is 4.98 Å². The number of hydrogen-bond donors (Lipinski definition) is 0. The Morgan fingerprint density at radius 3 is 2.04 bits per heavy atom. The van der Waals surface area contributed by atoms with E-state index in [2.05, 4.69) is 64.7 Å². The van der Waals surface area contributed by atoms with Crippen molar-refractivity contribution in [3.05, 3.63) is 47.3 Å². The van der Waals surface area contributed by atoms with Crippen molar-refractivity contribution in [2.45, 2.75) is 59.7 Å². The zero-order valence-electron chi connectivity index (χ0n) is 15.7. The molecule has 126 valence electrons. The number of aryl methyl sites for hydroxylation is 3. The Morgan fingerprint density at radius 1 is 0.875 bits per heavy atom. The van der Waals surface area contributed by atoms with E-state index in [4.69, 9.17) is 9.31 Å². The largest absolute Gasteiger partial charge is 0.495 e. The summed E-state index contributed by atoms with van der Waals surface area (Å²) in [5.74, 6) is 0. The van der Waals surface area contributed by atoms with Crippen molar-refractivity contribution in [3.8, 4) is 11.1 Å². The van der Waals surface area contributed by atoms with E-state index >= 15 is 0 Å². The van der Waals surface area contributed by atoms with Gasteiger partial charge in [0.25, 0.3) is 0 Å². The molecule has 0 saturated carbocycles. The first-order valence-corrected chi connectivity index (χ1v) is 8.50. The summed E-state index contributed by atoms with van der Waals surface area (Å²) in [5.41, 5.74) is 6.22. The molecule has 1 aromatic heterocycles. The van der Waals surface area contributed by atoms with E-state index in [1.807, 2.05) is 19.2 Å². The Balaban J connectivity index is 1.98. The third kappa shape index (κ3) is 2.89. The number of pyridine rings is 1. The average Bonchev–Trinajstić information content (AvgIpc) is 2.70. The molecule has 0 N–H and O–H groups in total. The van der Waals surface area contributed by atoms with Crippen LogP contribution in [0.15, 0.2) is 30.5 Å². The van der Waals surface area contributed by atoms with Crippen LogP contribution in [0, 0.1) is 20.8 Å². The lowest BCUT2D eigenvalue weighted by Gasteiger charge is -2.32. The van der Waals surface area contributed by atoms with Gasteiger partial charge in [0.05, 0.1) is 11.2 Å². The van der Waals surface area contributed by atoms with Crippen molar-refractivity contribution < 1.29 is 9.31 Å². The van der Waals surface area contributed by atoms with Gasteiger partial charge in [0, 0.05) is 17.5 Å². The summed E-state index contributed by atoms with van der Waals surface area (Å²) >= 11 is 0. The summed E-state index contributed by atoms with van der Waals surface area (Å²) in [7, 11) is -0.320. The highest BCUT2D eigenvalue weighted by atomic mass is 16.7. The molecule has 0 atom stereocenters. The lowest BCUT2D eigenvalue weighted by Crippen LogP contribution is -2.41. The van der Waals surface area contributed by atoms with Crippen LogP contribution >= 0.6 is 0 Å². The highest BCUT2D eigenvalue weighted by molar-refractivity contribution is 6.62. The second-order valence-corrected chi connectivity index (χ2v) is 7.80. The summed E-state index contributed by atoms with van der Waals surface area (Å²) in [5, 5.41) is 0. The zero-order valence-corrected chi connectivity index (χ0v) is 15.7. The molecule has 24 heavy (non-hydrogen) atoms. The first-order valence-electron chi connectivity index (χ1n) is 8.50. The van der Waals surface area contributed by atoms with Gasteiger partial charge >= 0.3 is 7.12 Å². The molecule has 1 aromatic carbocycles. The Labute approximate surface area is 145 Å². The van der Waals surface area contributed by atoms with E-state index in [9.17, 15) is 0 Å². The van der Waals surface area contributed by atoms with Gasteiger partial charge in [-0.25, -0.2) is 0 Å². The lowest BCUT2D eigenvalue weighted by molar-refractivity contribution is 0.00578. The summed E-state index contributed by atoms with van der Waals surface area (Å²) in [6.07, 6.45) is 1.94. The van der Waals surface area contributed by atoms with E-state index in [0.29, 0.717) is 0 Å². The van der Waals surface area contributed by atoms with Gasteiger partial charge in [-0.15, -0.1) is 0 Å². The standard InChI is InChI=1S/C20H26BNO2/c1-13-11-18(21-23-19(4,5)20(6,7)24-21)14(2)10-17(13)16-9-8-15(3)22-12-16/h8-12H,1-7H3. The molecule has 0 aliphatic carbocycles. The van der Waals surface area contributed by atoms with Crippen molar-refractivity contribution in [3.63, 3.8) is 0 Å². The smallest absolute Gasteiger partial charge is 0.399 e. The molecule has 1 fully saturated rings. The fraction of sp³-hybridized carbons (Fsp3) is 0.450. The van der Waals surface area contributed by atoms with Gasteiger partial charge in [-0.05, 0) is 71.1 Å². The first kappa shape index (κ1) is 17.2. The van der Waals surface area contributed by atoms with Gasteiger partial charge in [0.1, 0.15) is 0 Å². The molecule has 1 aliphatic rings. The predicted molar refractivity (Wildman–Crippen MR) is 99.6 cm³/mol. The monoisotopic (exact) mass is 323 g/mol. The number of rotatable bonds is 2. The van der Waals surface area contributed by atoms with Crippen LogP contribution in [0.5, 0.6) is 0 Å². The van der Waals surface area contributed by atoms with E-state index in [1.165, 1.54) is 16.7 Å². The SMILES string of the molecule is Cc1ccc(-c2cc(C)c(B3OC(C)(C)C(C)(C)O3)cc2C)cn1. The lowest BCUT2D eigenvalue weighted by atomic mass is 9.74. The highest BCUT2D eigenvalue weighted by Gasteiger charge is 2.52. The Kier molecular flexibility index (Phi) is 4.09. The van der Waals surface area contributed by atoms with Crippen molar-refractivity contribution in [2.75, 3.05) is 0 Å². The van der Waals surface area contributed by atoms with Gasteiger partial charge in [-0.1, -0.05) is 23.8 Å². The molecular weight excluding hydrogens is 297 g/mol. The molecule has 1 aliphatic heterocycles. The van der Waals surface area contributed by atoms with Crippen LogP contribution in [-0.4, -0.2) is 23.3 Å². The third-order valence-corrected chi connectivity index (χ3v) is 5.34. The van der Waals surface area contributed by atoms with Crippen molar-refractivity contribution in [1.29, 1.82) is 0 Å². The van der Waals surface area contributed by atoms with E-state index in [0.717, 1.165) is 16.7 Å². The summed E-state index contributed by atoms with van der Waals surface area (Å²) in [6, 6.07) is 8.57.